The van der Waals surface area contributed by atoms with Gasteiger partial charge in [-0.3, -0.25) is 9.59 Å². The first-order valence-electron chi connectivity index (χ1n) is 5.81. The molecule has 102 valence electrons. The van der Waals surface area contributed by atoms with Crippen LogP contribution >= 0.6 is 15.9 Å². The number of aliphatic carboxylic acids is 1. The van der Waals surface area contributed by atoms with E-state index in [4.69, 9.17) is 5.11 Å². The fourth-order valence-corrected chi connectivity index (χ4v) is 2.63. The lowest BCUT2D eigenvalue weighted by atomic mass is 9.90. The standard InChI is InChI=1S/C13H13BrFNO3/c1-13(12(18)19)2-3-16(7-13)11(17)8-4-9(14)6-10(15)5-8/h4-6H,2-3,7H2,1H3,(H,18,19). The number of hydrogen-bond donors (Lipinski definition) is 1. The van der Waals surface area contributed by atoms with Crippen molar-refractivity contribution in [3.05, 3.63) is 34.1 Å². The van der Waals surface area contributed by atoms with Gasteiger partial charge in [-0.1, -0.05) is 15.9 Å². The average Bonchev–Trinajstić information content (AvgIpc) is 2.71. The van der Waals surface area contributed by atoms with Crippen LogP contribution in [0.25, 0.3) is 0 Å². The number of carboxylic acid groups (broad SMARTS) is 1. The number of carboxylic acids is 1. The normalized spacial score (nSPS) is 22.6. The minimum Gasteiger partial charge on any atom is -0.481 e. The second-order valence-corrected chi connectivity index (χ2v) is 5.92. The number of amides is 1. The highest BCUT2D eigenvalue weighted by molar-refractivity contribution is 9.10. The Morgan fingerprint density at radius 2 is 2.11 bits per heavy atom. The Morgan fingerprint density at radius 3 is 2.63 bits per heavy atom. The van der Waals surface area contributed by atoms with Crippen molar-refractivity contribution in [2.75, 3.05) is 13.1 Å². The van der Waals surface area contributed by atoms with Crippen molar-refractivity contribution in [1.29, 1.82) is 0 Å². The summed E-state index contributed by atoms with van der Waals surface area (Å²) in [6.45, 7) is 2.13. The third-order valence-electron chi connectivity index (χ3n) is 3.39. The van der Waals surface area contributed by atoms with Gasteiger partial charge in [-0.15, -0.1) is 0 Å². The van der Waals surface area contributed by atoms with Crippen molar-refractivity contribution in [3.63, 3.8) is 0 Å². The Labute approximate surface area is 118 Å². The van der Waals surface area contributed by atoms with Gasteiger partial charge < -0.3 is 10.0 Å². The van der Waals surface area contributed by atoms with E-state index in [1.165, 1.54) is 17.0 Å². The Hall–Kier alpha value is -1.43. The molecule has 1 amide bonds. The molecule has 1 atom stereocenters. The number of carbonyl (C=O) groups is 2. The van der Waals surface area contributed by atoms with Gasteiger partial charge in [0, 0.05) is 23.1 Å². The highest BCUT2D eigenvalue weighted by atomic mass is 79.9. The van der Waals surface area contributed by atoms with E-state index < -0.39 is 17.2 Å². The minimum absolute atomic E-state index is 0.148. The summed E-state index contributed by atoms with van der Waals surface area (Å²) in [5.74, 6) is -1.76. The predicted molar refractivity (Wildman–Crippen MR) is 70.4 cm³/mol. The number of benzene rings is 1. The van der Waals surface area contributed by atoms with Crippen LogP contribution in [-0.2, 0) is 4.79 Å². The molecule has 0 bridgehead atoms. The molecule has 2 rings (SSSR count). The molecule has 1 fully saturated rings. The van der Waals surface area contributed by atoms with Gasteiger partial charge in [0.25, 0.3) is 5.91 Å². The monoisotopic (exact) mass is 329 g/mol. The molecule has 1 saturated heterocycles. The highest BCUT2D eigenvalue weighted by Crippen LogP contribution is 2.31. The molecule has 1 unspecified atom stereocenters. The lowest BCUT2D eigenvalue weighted by Crippen LogP contribution is -2.34. The van der Waals surface area contributed by atoms with E-state index in [1.54, 1.807) is 6.92 Å². The lowest BCUT2D eigenvalue weighted by molar-refractivity contribution is -0.147. The van der Waals surface area contributed by atoms with Gasteiger partial charge in [-0.05, 0) is 31.5 Å². The van der Waals surface area contributed by atoms with Crippen LogP contribution in [-0.4, -0.2) is 35.0 Å². The lowest BCUT2D eigenvalue weighted by Gasteiger charge is -2.20. The smallest absolute Gasteiger partial charge is 0.311 e. The number of likely N-dealkylation sites (tertiary alicyclic amines) is 1. The fraction of sp³-hybridized carbons (Fsp3) is 0.385. The van der Waals surface area contributed by atoms with E-state index >= 15 is 0 Å². The second-order valence-electron chi connectivity index (χ2n) is 5.00. The summed E-state index contributed by atoms with van der Waals surface area (Å²) in [5.41, 5.74) is -0.693. The molecule has 0 spiro atoms. The molecule has 6 heteroatoms. The quantitative estimate of drug-likeness (QED) is 0.907. The molecule has 1 N–H and O–H groups in total. The summed E-state index contributed by atoms with van der Waals surface area (Å²) in [5, 5.41) is 9.13. The Morgan fingerprint density at radius 1 is 1.42 bits per heavy atom. The summed E-state index contributed by atoms with van der Waals surface area (Å²) in [6.07, 6.45) is 0.407. The van der Waals surface area contributed by atoms with Gasteiger partial charge in [0.2, 0.25) is 0 Å². The van der Waals surface area contributed by atoms with Crippen LogP contribution in [0.2, 0.25) is 0 Å². The van der Waals surface area contributed by atoms with Crippen molar-refractivity contribution < 1.29 is 19.1 Å². The molecular formula is C13H13BrFNO3. The zero-order valence-electron chi connectivity index (χ0n) is 10.3. The molecule has 0 saturated carbocycles. The molecule has 1 heterocycles. The third kappa shape index (κ3) is 2.78. The van der Waals surface area contributed by atoms with E-state index in [9.17, 15) is 14.0 Å². The highest BCUT2D eigenvalue weighted by Gasteiger charge is 2.42. The van der Waals surface area contributed by atoms with Gasteiger partial charge >= 0.3 is 5.97 Å². The molecule has 1 aliphatic rings. The number of nitrogens with zero attached hydrogens (tertiary/aromatic N) is 1. The first-order chi connectivity index (χ1) is 8.82. The van der Waals surface area contributed by atoms with Crippen LogP contribution < -0.4 is 0 Å². The minimum atomic E-state index is -0.916. The van der Waals surface area contributed by atoms with E-state index in [2.05, 4.69) is 15.9 Å². The Bertz CT molecular complexity index is 528. The SMILES string of the molecule is CC1(C(=O)O)CCN(C(=O)c2cc(F)cc(Br)c2)C1. The van der Waals surface area contributed by atoms with E-state index in [0.29, 0.717) is 17.4 Å². The Kier molecular flexibility index (Phi) is 3.62. The number of rotatable bonds is 2. The van der Waals surface area contributed by atoms with E-state index in [-0.39, 0.29) is 18.0 Å². The topological polar surface area (TPSA) is 57.6 Å². The van der Waals surface area contributed by atoms with Crippen LogP contribution in [0.5, 0.6) is 0 Å². The summed E-state index contributed by atoms with van der Waals surface area (Å²) >= 11 is 3.13. The second kappa shape index (κ2) is 4.92. The van der Waals surface area contributed by atoms with Crippen molar-refractivity contribution >= 4 is 27.8 Å². The molecular weight excluding hydrogens is 317 g/mol. The molecule has 4 nitrogen and oxygen atoms in total. The van der Waals surface area contributed by atoms with E-state index in [0.717, 1.165) is 6.07 Å². The van der Waals surface area contributed by atoms with E-state index in [1.807, 2.05) is 0 Å². The van der Waals surface area contributed by atoms with Gasteiger partial charge in [-0.2, -0.15) is 0 Å². The summed E-state index contributed by atoms with van der Waals surface area (Å²) in [6, 6.07) is 3.95. The number of halogens is 2. The zero-order chi connectivity index (χ0) is 14.2. The maximum Gasteiger partial charge on any atom is 0.311 e. The van der Waals surface area contributed by atoms with Crippen LogP contribution in [0.15, 0.2) is 22.7 Å². The average molecular weight is 330 g/mol. The molecule has 1 aromatic rings. The predicted octanol–water partition coefficient (Wildman–Crippen LogP) is 2.53. The molecule has 0 radical (unpaired) electrons. The van der Waals surface area contributed by atoms with Crippen molar-refractivity contribution in [2.24, 2.45) is 5.41 Å². The molecule has 19 heavy (non-hydrogen) atoms. The first-order valence-corrected chi connectivity index (χ1v) is 6.60. The summed E-state index contributed by atoms with van der Waals surface area (Å²) in [4.78, 5) is 24.8. The van der Waals surface area contributed by atoms with Crippen molar-refractivity contribution in [2.45, 2.75) is 13.3 Å². The van der Waals surface area contributed by atoms with Gasteiger partial charge in [0.15, 0.2) is 0 Å². The molecule has 0 aliphatic carbocycles. The molecule has 1 aliphatic heterocycles. The van der Waals surface area contributed by atoms with Gasteiger partial charge in [0.05, 0.1) is 5.41 Å². The maximum atomic E-state index is 13.3. The summed E-state index contributed by atoms with van der Waals surface area (Å²) in [7, 11) is 0. The van der Waals surface area contributed by atoms with Crippen LogP contribution in [0, 0.1) is 11.2 Å². The summed E-state index contributed by atoms with van der Waals surface area (Å²) < 4.78 is 13.7. The fourth-order valence-electron chi connectivity index (χ4n) is 2.17. The van der Waals surface area contributed by atoms with Crippen LogP contribution in [0.3, 0.4) is 0 Å². The number of hydrogen-bond acceptors (Lipinski definition) is 2. The van der Waals surface area contributed by atoms with Crippen LogP contribution in [0.1, 0.15) is 23.7 Å². The largest absolute Gasteiger partial charge is 0.481 e. The zero-order valence-corrected chi connectivity index (χ0v) is 11.9. The Balaban J connectivity index is 2.20. The maximum absolute atomic E-state index is 13.3. The first kappa shape index (κ1) is 14.0. The van der Waals surface area contributed by atoms with Crippen molar-refractivity contribution in [3.8, 4) is 0 Å². The van der Waals surface area contributed by atoms with Gasteiger partial charge in [0.1, 0.15) is 5.82 Å². The van der Waals surface area contributed by atoms with Gasteiger partial charge in [-0.25, -0.2) is 4.39 Å². The third-order valence-corrected chi connectivity index (χ3v) is 3.84. The molecule has 1 aromatic carbocycles. The van der Waals surface area contributed by atoms with Crippen molar-refractivity contribution in [1.82, 2.24) is 4.90 Å². The molecule has 0 aromatic heterocycles. The number of carbonyl (C=O) groups excluding carboxylic acids is 1. The van der Waals surface area contributed by atoms with Crippen LogP contribution in [0.4, 0.5) is 4.39 Å².